The lowest BCUT2D eigenvalue weighted by Crippen LogP contribution is -2.42. The molecule has 0 aromatic heterocycles. The summed E-state index contributed by atoms with van der Waals surface area (Å²) in [6, 6.07) is 2.49. The summed E-state index contributed by atoms with van der Waals surface area (Å²) in [5.74, 6) is -4.33. The zero-order valence-corrected chi connectivity index (χ0v) is 11.7. The number of nitrogens with one attached hydrogen (secondary N) is 1. The summed E-state index contributed by atoms with van der Waals surface area (Å²) in [5, 5.41) is 2.41. The predicted molar refractivity (Wildman–Crippen MR) is 70.9 cm³/mol. The molecule has 1 N–H and O–H groups in total. The van der Waals surface area contributed by atoms with Gasteiger partial charge in [0.15, 0.2) is 0 Å². The maximum atomic E-state index is 13.7. The highest BCUT2D eigenvalue weighted by Gasteiger charge is 2.49. The van der Waals surface area contributed by atoms with E-state index in [2.05, 4.69) is 5.32 Å². The van der Waals surface area contributed by atoms with Crippen molar-refractivity contribution in [3.8, 4) is 0 Å². The molecule has 0 saturated carbocycles. The number of anilines is 1. The SMILES string of the molecule is CCNC(c1ccc2c(c1)CC(=O)N2C)C(F)(F)C(F)F. The molecule has 1 heterocycles. The molecule has 21 heavy (non-hydrogen) atoms. The number of carbonyl (C=O) groups excluding carboxylic acids is 1. The molecule has 116 valence electrons. The highest BCUT2D eigenvalue weighted by molar-refractivity contribution is 6.00. The Morgan fingerprint density at radius 1 is 1.38 bits per heavy atom. The van der Waals surface area contributed by atoms with Gasteiger partial charge in [0.05, 0.1) is 6.42 Å². The topological polar surface area (TPSA) is 32.3 Å². The normalized spacial score (nSPS) is 16.5. The molecule has 1 aliphatic rings. The first-order valence-corrected chi connectivity index (χ1v) is 6.57. The van der Waals surface area contributed by atoms with Crippen molar-refractivity contribution in [3.63, 3.8) is 0 Å². The monoisotopic (exact) mass is 304 g/mol. The van der Waals surface area contributed by atoms with Crippen LogP contribution in [0, 0.1) is 0 Å². The number of alkyl halides is 4. The summed E-state index contributed by atoms with van der Waals surface area (Å²) >= 11 is 0. The maximum Gasteiger partial charge on any atom is 0.326 e. The molecule has 1 aromatic rings. The Labute approximate surface area is 119 Å². The Hall–Kier alpha value is -1.63. The van der Waals surface area contributed by atoms with Crippen molar-refractivity contribution in [2.75, 3.05) is 18.5 Å². The number of rotatable bonds is 5. The van der Waals surface area contributed by atoms with Gasteiger partial charge in [-0.3, -0.25) is 4.79 Å². The zero-order chi connectivity index (χ0) is 15.8. The average molecular weight is 304 g/mol. The highest BCUT2D eigenvalue weighted by Crippen LogP contribution is 2.39. The molecule has 0 aliphatic carbocycles. The highest BCUT2D eigenvalue weighted by atomic mass is 19.3. The molecule has 0 radical (unpaired) electrons. The molecule has 1 aromatic carbocycles. The van der Waals surface area contributed by atoms with Crippen LogP contribution >= 0.6 is 0 Å². The van der Waals surface area contributed by atoms with Crippen LogP contribution in [0.15, 0.2) is 18.2 Å². The van der Waals surface area contributed by atoms with Gasteiger partial charge in [-0.1, -0.05) is 19.1 Å². The Morgan fingerprint density at radius 3 is 2.62 bits per heavy atom. The zero-order valence-electron chi connectivity index (χ0n) is 11.7. The molecule has 1 unspecified atom stereocenters. The van der Waals surface area contributed by atoms with Crippen molar-refractivity contribution >= 4 is 11.6 Å². The number of benzene rings is 1. The number of halogens is 4. The predicted octanol–water partition coefficient (Wildman–Crippen LogP) is 2.76. The van der Waals surface area contributed by atoms with Crippen LogP contribution in [0.2, 0.25) is 0 Å². The molecule has 0 fully saturated rings. The fourth-order valence-corrected chi connectivity index (χ4v) is 2.48. The Morgan fingerprint density at radius 2 is 2.05 bits per heavy atom. The number of amides is 1. The van der Waals surface area contributed by atoms with Gasteiger partial charge >= 0.3 is 12.3 Å². The number of nitrogens with zero attached hydrogens (tertiary/aromatic N) is 1. The van der Waals surface area contributed by atoms with E-state index < -0.39 is 18.4 Å². The van der Waals surface area contributed by atoms with E-state index in [-0.39, 0.29) is 24.4 Å². The number of carbonyl (C=O) groups is 1. The third kappa shape index (κ3) is 2.74. The minimum Gasteiger partial charge on any atom is -0.315 e. The van der Waals surface area contributed by atoms with Crippen LogP contribution in [0.25, 0.3) is 0 Å². The standard InChI is InChI=1S/C14H16F4N2O/c1-3-19-12(14(17,18)13(15)16)8-4-5-10-9(6-8)7-11(21)20(10)2/h4-6,12-13,19H,3,7H2,1-2H3. The van der Waals surface area contributed by atoms with Crippen molar-refractivity contribution in [2.45, 2.75) is 31.7 Å². The summed E-state index contributed by atoms with van der Waals surface area (Å²) in [6.07, 6.45) is -3.67. The number of fused-ring (bicyclic) bond motifs is 1. The van der Waals surface area contributed by atoms with Gasteiger partial charge in [0.2, 0.25) is 5.91 Å². The van der Waals surface area contributed by atoms with Crippen LogP contribution in [-0.4, -0.2) is 31.8 Å². The van der Waals surface area contributed by atoms with Gasteiger partial charge in [-0.25, -0.2) is 8.78 Å². The molecular weight excluding hydrogens is 288 g/mol. The third-order valence-corrected chi connectivity index (χ3v) is 3.60. The van der Waals surface area contributed by atoms with E-state index in [1.807, 2.05) is 0 Å². The van der Waals surface area contributed by atoms with E-state index in [1.54, 1.807) is 14.0 Å². The molecule has 0 spiro atoms. The second-order valence-corrected chi connectivity index (χ2v) is 4.98. The van der Waals surface area contributed by atoms with E-state index in [1.165, 1.54) is 23.1 Å². The van der Waals surface area contributed by atoms with Crippen molar-refractivity contribution in [1.82, 2.24) is 5.32 Å². The number of hydrogen-bond acceptors (Lipinski definition) is 2. The molecule has 3 nitrogen and oxygen atoms in total. The number of hydrogen-bond donors (Lipinski definition) is 1. The molecule has 1 amide bonds. The van der Waals surface area contributed by atoms with Gasteiger partial charge in [0.1, 0.15) is 6.04 Å². The van der Waals surface area contributed by atoms with E-state index in [9.17, 15) is 22.4 Å². The largest absolute Gasteiger partial charge is 0.326 e. The molecule has 7 heteroatoms. The lowest BCUT2D eigenvalue weighted by Gasteiger charge is -2.27. The summed E-state index contributed by atoms with van der Waals surface area (Å²) in [5.41, 5.74) is 1.26. The van der Waals surface area contributed by atoms with Gasteiger partial charge in [-0.05, 0) is 23.7 Å². The van der Waals surface area contributed by atoms with Crippen LogP contribution in [0.4, 0.5) is 23.2 Å². The van der Waals surface area contributed by atoms with Gasteiger partial charge in [-0.2, -0.15) is 8.78 Å². The van der Waals surface area contributed by atoms with Gasteiger partial charge in [0, 0.05) is 12.7 Å². The minimum absolute atomic E-state index is 0.0593. The van der Waals surface area contributed by atoms with E-state index in [0.717, 1.165) is 0 Å². The quantitative estimate of drug-likeness (QED) is 0.848. The molecule has 1 atom stereocenters. The summed E-state index contributed by atoms with van der Waals surface area (Å²) in [4.78, 5) is 13.0. The summed E-state index contributed by atoms with van der Waals surface area (Å²) < 4.78 is 52.6. The van der Waals surface area contributed by atoms with Gasteiger partial charge < -0.3 is 10.2 Å². The average Bonchev–Trinajstić information content (AvgIpc) is 2.70. The molecular formula is C14H16F4N2O. The molecule has 0 bridgehead atoms. The molecule has 1 aliphatic heterocycles. The van der Waals surface area contributed by atoms with E-state index in [4.69, 9.17) is 0 Å². The van der Waals surface area contributed by atoms with Crippen LogP contribution < -0.4 is 10.2 Å². The van der Waals surface area contributed by atoms with Crippen molar-refractivity contribution < 1.29 is 22.4 Å². The van der Waals surface area contributed by atoms with Gasteiger partial charge in [-0.15, -0.1) is 0 Å². The van der Waals surface area contributed by atoms with Crippen molar-refractivity contribution in [3.05, 3.63) is 29.3 Å². The second-order valence-electron chi connectivity index (χ2n) is 4.98. The minimum atomic E-state index is -4.18. The smallest absolute Gasteiger partial charge is 0.315 e. The Bertz CT molecular complexity index is 548. The number of likely N-dealkylation sites (N-methyl/N-ethyl adjacent to an activating group) is 1. The van der Waals surface area contributed by atoms with Crippen molar-refractivity contribution in [1.29, 1.82) is 0 Å². The molecule has 2 rings (SSSR count). The second kappa shape index (κ2) is 5.63. The van der Waals surface area contributed by atoms with Crippen molar-refractivity contribution in [2.24, 2.45) is 0 Å². The van der Waals surface area contributed by atoms with E-state index >= 15 is 0 Å². The first kappa shape index (κ1) is 15.8. The third-order valence-electron chi connectivity index (χ3n) is 3.60. The lowest BCUT2D eigenvalue weighted by molar-refractivity contribution is -0.151. The summed E-state index contributed by atoms with van der Waals surface area (Å²) in [7, 11) is 1.59. The van der Waals surface area contributed by atoms with Gasteiger partial charge in [0.25, 0.3) is 0 Å². The van der Waals surface area contributed by atoms with Crippen LogP contribution in [0.1, 0.15) is 24.1 Å². The Kier molecular flexibility index (Phi) is 4.22. The van der Waals surface area contributed by atoms with Crippen LogP contribution in [-0.2, 0) is 11.2 Å². The summed E-state index contributed by atoms with van der Waals surface area (Å²) in [6.45, 7) is 1.70. The maximum absolute atomic E-state index is 13.7. The lowest BCUT2D eigenvalue weighted by atomic mass is 9.97. The van der Waals surface area contributed by atoms with Crippen LogP contribution in [0.5, 0.6) is 0 Å². The van der Waals surface area contributed by atoms with Crippen LogP contribution in [0.3, 0.4) is 0 Å². The fraction of sp³-hybridized carbons (Fsp3) is 0.500. The first-order chi connectivity index (χ1) is 9.78. The Balaban J connectivity index is 2.39. The van der Waals surface area contributed by atoms with E-state index in [0.29, 0.717) is 11.3 Å². The fourth-order valence-electron chi connectivity index (χ4n) is 2.48. The molecule has 0 saturated heterocycles. The first-order valence-electron chi connectivity index (χ1n) is 6.57.